The minimum Gasteiger partial charge on any atom is -0.369 e. The molecule has 3 N–H and O–H groups in total. The molecule has 184 valence electrons. The molecule has 3 aliphatic heterocycles. The number of piperidine rings is 2. The molecule has 3 saturated heterocycles. The Morgan fingerprint density at radius 3 is 2.88 bits per heavy atom. The van der Waals surface area contributed by atoms with Crippen molar-refractivity contribution in [2.75, 3.05) is 6.54 Å². The third-order valence-electron chi connectivity index (χ3n) is 12.6. The number of aromatic nitrogens is 2. The predicted octanol–water partition coefficient (Wildman–Crippen LogP) is 4.30. The summed E-state index contributed by atoms with van der Waals surface area (Å²) < 4.78 is 7.09. The standard InChI is InChI=1S/C29H42N4O/c1-16-9-23-25(30-14-16)18(3)27(34-23)7-8-28-21(17(2)12-27)11-24-26(4)13-19-15-31-32-22(19)10-20(26)5-6-29(24,28)33-28/h15-16,18,20,23-25,30,33H,5-14H2,1-4H3,(H,31,32). The van der Waals surface area contributed by atoms with Crippen LogP contribution in [-0.4, -0.2) is 45.6 Å². The van der Waals surface area contributed by atoms with Gasteiger partial charge in [0, 0.05) is 23.2 Å². The van der Waals surface area contributed by atoms with Crippen LogP contribution in [-0.2, 0) is 17.6 Å². The van der Waals surface area contributed by atoms with E-state index in [0.717, 1.165) is 30.7 Å². The number of hydrogen-bond donors (Lipinski definition) is 3. The maximum absolute atomic E-state index is 7.09. The molecule has 5 fully saturated rings. The van der Waals surface area contributed by atoms with Crippen molar-refractivity contribution in [3.05, 3.63) is 28.6 Å². The molecule has 7 aliphatic rings. The van der Waals surface area contributed by atoms with Crippen LogP contribution >= 0.6 is 0 Å². The number of nitrogens with one attached hydrogen (secondary N) is 3. The minimum atomic E-state index is 0.0289. The first-order valence-corrected chi connectivity index (χ1v) is 14.2. The molecular formula is C29H42N4O. The van der Waals surface area contributed by atoms with Crippen molar-refractivity contribution in [1.29, 1.82) is 0 Å². The minimum absolute atomic E-state index is 0.0289. The molecule has 0 bridgehead atoms. The van der Waals surface area contributed by atoms with Gasteiger partial charge in [-0.25, -0.2) is 0 Å². The molecule has 0 radical (unpaired) electrons. The highest BCUT2D eigenvalue weighted by Crippen LogP contribution is 2.73. The summed E-state index contributed by atoms with van der Waals surface area (Å²) in [5, 5.41) is 15.9. The van der Waals surface area contributed by atoms with Gasteiger partial charge in [-0.05, 0) is 106 Å². The highest BCUT2D eigenvalue weighted by atomic mass is 16.5. The summed E-state index contributed by atoms with van der Waals surface area (Å²) in [4.78, 5) is 0. The van der Waals surface area contributed by atoms with E-state index in [2.05, 4.69) is 54.7 Å². The molecule has 2 saturated carbocycles. The van der Waals surface area contributed by atoms with E-state index in [4.69, 9.17) is 4.74 Å². The van der Waals surface area contributed by atoms with Crippen LogP contribution in [0.1, 0.15) is 83.9 Å². The van der Waals surface area contributed by atoms with E-state index in [-0.39, 0.29) is 11.1 Å². The number of rotatable bonds is 0. The molecule has 4 aliphatic carbocycles. The second-order valence-electron chi connectivity index (χ2n) is 14.0. The summed E-state index contributed by atoms with van der Waals surface area (Å²) in [7, 11) is 0. The first kappa shape index (κ1) is 21.0. The molecule has 4 heterocycles. The number of nitrogens with zero attached hydrogens (tertiary/aromatic N) is 1. The number of H-pyrrole nitrogens is 1. The predicted molar refractivity (Wildman–Crippen MR) is 132 cm³/mol. The lowest BCUT2D eigenvalue weighted by molar-refractivity contribution is -0.0710. The van der Waals surface area contributed by atoms with Gasteiger partial charge in [-0.2, -0.15) is 5.10 Å². The summed E-state index contributed by atoms with van der Waals surface area (Å²) in [6.07, 6.45) is 13.8. The first-order valence-electron chi connectivity index (χ1n) is 14.2. The lowest BCUT2D eigenvalue weighted by Crippen LogP contribution is -2.52. The molecule has 5 nitrogen and oxygen atoms in total. The van der Waals surface area contributed by atoms with Gasteiger partial charge in [-0.3, -0.25) is 10.4 Å². The van der Waals surface area contributed by atoms with Gasteiger partial charge in [0.1, 0.15) is 0 Å². The Bertz CT molecular complexity index is 1090. The fraction of sp³-hybridized carbons (Fsp3) is 0.828. The van der Waals surface area contributed by atoms with E-state index in [1.807, 2.05) is 0 Å². The van der Waals surface area contributed by atoms with Gasteiger partial charge in [-0.1, -0.05) is 26.3 Å². The van der Waals surface area contributed by atoms with Crippen LogP contribution in [0.15, 0.2) is 17.3 Å². The molecule has 8 rings (SSSR count). The smallest absolute Gasteiger partial charge is 0.0766 e. The lowest BCUT2D eigenvalue weighted by Gasteiger charge is -2.52. The fourth-order valence-corrected chi connectivity index (χ4v) is 10.8. The van der Waals surface area contributed by atoms with Crippen molar-refractivity contribution in [2.24, 2.45) is 29.1 Å². The van der Waals surface area contributed by atoms with Crippen molar-refractivity contribution in [1.82, 2.24) is 20.8 Å². The highest BCUT2D eigenvalue weighted by Gasteiger charge is 2.80. The molecule has 1 aromatic heterocycles. The fourth-order valence-electron chi connectivity index (χ4n) is 10.8. The Kier molecular flexibility index (Phi) is 3.94. The molecular weight excluding hydrogens is 420 g/mol. The van der Waals surface area contributed by atoms with Gasteiger partial charge in [-0.15, -0.1) is 0 Å². The second-order valence-corrected chi connectivity index (χ2v) is 14.0. The maximum atomic E-state index is 7.09. The second kappa shape index (κ2) is 6.39. The zero-order valence-corrected chi connectivity index (χ0v) is 21.5. The van der Waals surface area contributed by atoms with Crippen molar-refractivity contribution in [3.8, 4) is 0 Å². The number of hydrogen-bond acceptors (Lipinski definition) is 4. The molecule has 1 aromatic rings. The molecule has 0 amide bonds. The number of aromatic amines is 1. The lowest BCUT2D eigenvalue weighted by atomic mass is 9.52. The number of fused-ring (bicyclic) bond motifs is 4. The van der Waals surface area contributed by atoms with Crippen molar-refractivity contribution < 1.29 is 4.74 Å². The molecule has 3 spiro atoms. The molecule has 0 aromatic carbocycles. The Morgan fingerprint density at radius 1 is 1.12 bits per heavy atom. The highest BCUT2D eigenvalue weighted by molar-refractivity contribution is 5.53. The Labute approximate surface area is 204 Å². The SMILES string of the molecule is CC1=C2CC3C4(C)Cc5cn[nH]c5CC4CCC34NC24CCC2(C1)OC1CC(C)CNC1C2C. The summed E-state index contributed by atoms with van der Waals surface area (Å²) >= 11 is 0. The monoisotopic (exact) mass is 462 g/mol. The quantitative estimate of drug-likeness (QED) is 0.397. The van der Waals surface area contributed by atoms with E-state index in [0.29, 0.717) is 29.0 Å². The van der Waals surface area contributed by atoms with E-state index in [1.54, 1.807) is 11.1 Å². The summed E-state index contributed by atoms with van der Waals surface area (Å²) in [6.45, 7) is 11.1. The van der Waals surface area contributed by atoms with Crippen LogP contribution in [0.25, 0.3) is 0 Å². The van der Waals surface area contributed by atoms with Gasteiger partial charge in [0.2, 0.25) is 0 Å². The number of ether oxygens (including phenoxy) is 1. The topological polar surface area (TPSA) is 71.9 Å². The van der Waals surface area contributed by atoms with Crippen LogP contribution in [0.4, 0.5) is 0 Å². The van der Waals surface area contributed by atoms with E-state index < -0.39 is 0 Å². The van der Waals surface area contributed by atoms with E-state index in [9.17, 15) is 0 Å². The average Bonchev–Trinajstić information content (AvgIpc) is 3.03. The van der Waals surface area contributed by atoms with Crippen LogP contribution in [0.2, 0.25) is 0 Å². The largest absolute Gasteiger partial charge is 0.369 e. The van der Waals surface area contributed by atoms with Gasteiger partial charge in [0.05, 0.1) is 23.4 Å². The zero-order chi connectivity index (χ0) is 23.1. The first-order chi connectivity index (χ1) is 16.3. The van der Waals surface area contributed by atoms with Crippen LogP contribution in [0, 0.1) is 29.1 Å². The van der Waals surface area contributed by atoms with Crippen molar-refractivity contribution >= 4 is 0 Å². The Morgan fingerprint density at radius 2 is 2.00 bits per heavy atom. The maximum Gasteiger partial charge on any atom is 0.0766 e. The summed E-state index contributed by atoms with van der Waals surface area (Å²) in [6, 6.07) is 0.541. The van der Waals surface area contributed by atoms with E-state index in [1.165, 1.54) is 62.6 Å². The van der Waals surface area contributed by atoms with Crippen LogP contribution in [0.3, 0.4) is 0 Å². The van der Waals surface area contributed by atoms with Gasteiger partial charge >= 0.3 is 0 Å². The van der Waals surface area contributed by atoms with Gasteiger partial charge in [0.15, 0.2) is 0 Å². The van der Waals surface area contributed by atoms with Crippen molar-refractivity contribution in [3.63, 3.8) is 0 Å². The normalized spacial score (nSPS) is 55.1. The molecule has 10 atom stereocenters. The van der Waals surface area contributed by atoms with Crippen LogP contribution in [0.5, 0.6) is 0 Å². The zero-order valence-electron chi connectivity index (χ0n) is 21.5. The molecule has 34 heavy (non-hydrogen) atoms. The average molecular weight is 463 g/mol. The Hall–Kier alpha value is -1.17. The third kappa shape index (κ3) is 2.32. The van der Waals surface area contributed by atoms with Gasteiger partial charge < -0.3 is 10.1 Å². The molecule has 10 unspecified atom stereocenters. The summed E-state index contributed by atoms with van der Waals surface area (Å²) in [5.74, 6) is 2.86. The Balaban J connectivity index is 1.15. The summed E-state index contributed by atoms with van der Waals surface area (Å²) in [5.41, 5.74) is 7.36. The van der Waals surface area contributed by atoms with Crippen molar-refractivity contribution in [2.45, 2.75) is 114 Å². The van der Waals surface area contributed by atoms with E-state index >= 15 is 0 Å². The third-order valence-corrected chi connectivity index (χ3v) is 12.6. The van der Waals surface area contributed by atoms with Crippen LogP contribution < -0.4 is 10.6 Å². The van der Waals surface area contributed by atoms with Gasteiger partial charge in [0.25, 0.3) is 0 Å². The molecule has 5 heteroatoms.